The van der Waals surface area contributed by atoms with Crippen LogP contribution in [-0.2, 0) is 18.4 Å². The molecular formula is C19H26N4O2. The van der Waals surface area contributed by atoms with Crippen molar-refractivity contribution in [2.24, 2.45) is 7.05 Å². The number of imidazole rings is 1. The Balaban J connectivity index is 1.41. The lowest BCUT2D eigenvalue weighted by molar-refractivity contribution is -0.122. The van der Waals surface area contributed by atoms with Gasteiger partial charge in [-0.1, -0.05) is 18.6 Å². The molecule has 0 saturated carbocycles. The van der Waals surface area contributed by atoms with Crippen LogP contribution in [0.25, 0.3) is 11.0 Å². The minimum atomic E-state index is -0.0617. The largest absolute Gasteiger partial charge is 0.352 e. The van der Waals surface area contributed by atoms with Gasteiger partial charge in [0.15, 0.2) is 0 Å². The summed E-state index contributed by atoms with van der Waals surface area (Å²) < 4.78 is 3.35. The van der Waals surface area contributed by atoms with Crippen LogP contribution in [0.3, 0.4) is 0 Å². The summed E-state index contributed by atoms with van der Waals surface area (Å²) in [4.78, 5) is 27.4. The predicted molar refractivity (Wildman–Crippen MR) is 97.6 cm³/mol. The number of piperidine rings is 1. The van der Waals surface area contributed by atoms with Crippen LogP contribution in [0.2, 0.25) is 0 Å². The number of nitrogens with zero attached hydrogens (tertiary/aromatic N) is 3. The zero-order chi connectivity index (χ0) is 17.4. The van der Waals surface area contributed by atoms with E-state index in [2.05, 4.69) is 10.2 Å². The van der Waals surface area contributed by atoms with E-state index in [4.69, 9.17) is 0 Å². The Bertz CT molecular complexity index is 838. The van der Waals surface area contributed by atoms with E-state index in [1.54, 1.807) is 16.2 Å². The maximum absolute atomic E-state index is 12.4. The first-order valence-electron chi connectivity index (χ1n) is 9.33. The van der Waals surface area contributed by atoms with Gasteiger partial charge in [-0.05, 0) is 37.9 Å². The van der Waals surface area contributed by atoms with Crippen molar-refractivity contribution < 1.29 is 4.79 Å². The van der Waals surface area contributed by atoms with E-state index in [-0.39, 0.29) is 17.6 Å². The number of fused-ring (bicyclic) bond motifs is 2. The summed E-state index contributed by atoms with van der Waals surface area (Å²) in [5, 5.41) is 3.22. The highest BCUT2D eigenvalue weighted by Crippen LogP contribution is 2.27. The predicted octanol–water partition coefficient (Wildman–Crippen LogP) is 1.47. The Morgan fingerprint density at radius 3 is 2.80 bits per heavy atom. The van der Waals surface area contributed by atoms with Gasteiger partial charge < -0.3 is 5.32 Å². The molecule has 6 nitrogen and oxygen atoms in total. The third-order valence-electron chi connectivity index (χ3n) is 5.82. The standard InChI is InChI=1S/C19H26N4O2/c1-21-16-7-2-3-8-17(16)23(19(21)25)13-10-18(24)20-14-9-12-22-11-5-4-6-15(14)22/h2-3,7-8,14-15H,4-6,9-13H2,1H3,(H,20,24)/t14-,15-/m1/s1. The molecule has 1 amide bonds. The lowest BCUT2D eigenvalue weighted by Crippen LogP contribution is -2.47. The first kappa shape index (κ1) is 16.4. The van der Waals surface area contributed by atoms with E-state index in [1.165, 1.54) is 25.8 Å². The van der Waals surface area contributed by atoms with Gasteiger partial charge in [0.1, 0.15) is 0 Å². The topological polar surface area (TPSA) is 59.3 Å². The van der Waals surface area contributed by atoms with Gasteiger partial charge in [-0.25, -0.2) is 4.79 Å². The van der Waals surface area contributed by atoms with Crippen molar-refractivity contribution in [3.63, 3.8) is 0 Å². The molecule has 2 aliphatic heterocycles. The normalized spacial score (nSPS) is 23.7. The fourth-order valence-electron chi connectivity index (χ4n) is 4.49. The minimum Gasteiger partial charge on any atom is -0.352 e. The fraction of sp³-hybridized carbons (Fsp3) is 0.579. The van der Waals surface area contributed by atoms with Crippen LogP contribution in [0.4, 0.5) is 0 Å². The molecule has 25 heavy (non-hydrogen) atoms. The van der Waals surface area contributed by atoms with Gasteiger partial charge in [-0.2, -0.15) is 0 Å². The summed E-state index contributed by atoms with van der Waals surface area (Å²) >= 11 is 0. The molecule has 0 bridgehead atoms. The van der Waals surface area contributed by atoms with Crippen molar-refractivity contribution in [3.05, 3.63) is 34.7 Å². The minimum absolute atomic E-state index is 0.0530. The van der Waals surface area contributed by atoms with Crippen molar-refractivity contribution >= 4 is 16.9 Å². The van der Waals surface area contributed by atoms with Gasteiger partial charge in [-0.15, -0.1) is 0 Å². The highest BCUT2D eigenvalue weighted by molar-refractivity contribution is 5.78. The first-order valence-corrected chi connectivity index (χ1v) is 9.33. The molecule has 0 unspecified atom stereocenters. The second-order valence-electron chi connectivity index (χ2n) is 7.29. The quantitative estimate of drug-likeness (QED) is 0.915. The van der Waals surface area contributed by atoms with Crippen molar-refractivity contribution in [3.8, 4) is 0 Å². The highest BCUT2D eigenvalue weighted by Gasteiger charge is 2.36. The average Bonchev–Trinajstić information content (AvgIpc) is 3.14. The van der Waals surface area contributed by atoms with Crippen LogP contribution in [-0.4, -0.2) is 45.1 Å². The number of amides is 1. The van der Waals surface area contributed by atoms with E-state index in [0.29, 0.717) is 19.0 Å². The Morgan fingerprint density at radius 2 is 1.96 bits per heavy atom. The molecule has 2 saturated heterocycles. The molecule has 3 heterocycles. The molecule has 134 valence electrons. The van der Waals surface area contributed by atoms with E-state index < -0.39 is 0 Å². The van der Waals surface area contributed by atoms with Crippen LogP contribution < -0.4 is 11.0 Å². The zero-order valence-corrected chi connectivity index (χ0v) is 14.8. The van der Waals surface area contributed by atoms with Gasteiger partial charge in [0.2, 0.25) is 5.91 Å². The second-order valence-corrected chi connectivity index (χ2v) is 7.29. The van der Waals surface area contributed by atoms with Gasteiger partial charge >= 0.3 is 5.69 Å². The maximum atomic E-state index is 12.4. The van der Waals surface area contributed by atoms with Crippen molar-refractivity contribution in [1.82, 2.24) is 19.4 Å². The van der Waals surface area contributed by atoms with E-state index in [0.717, 1.165) is 24.0 Å². The molecule has 6 heteroatoms. The number of aryl methyl sites for hydroxylation is 2. The van der Waals surface area contributed by atoms with Crippen molar-refractivity contribution in [2.45, 2.75) is 50.7 Å². The van der Waals surface area contributed by atoms with E-state index in [9.17, 15) is 9.59 Å². The summed E-state index contributed by atoms with van der Waals surface area (Å²) in [6, 6.07) is 8.51. The maximum Gasteiger partial charge on any atom is 0.328 e. The van der Waals surface area contributed by atoms with E-state index in [1.807, 2.05) is 24.3 Å². The van der Waals surface area contributed by atoms with Crippen LogP contribution >= 0.6 is 0 Å². The Labute approximate surface area is 147 Å². The molecule has 0 radical (unpaired) electrons. The third-order valence-corrected chi connectivity index (χ3v) is 5.82. The van der Waals surface area contributed by atoms with Gasteiger partial charge in [0.25, 0.3) is 0 Å². The number of hydrogen-bond donors (Lipinski definition) is 1. The number of hydrogen-bond acceptors (Lipinski definition) is 3. The molecule has 1 aromatic heterocycles. The highest BCUT2D eigenvalue weighted by atomic mass is 16.2. The Hall–Kier alpha value is -2.08. The van der Waals surface area contributed by atoms with Gasteiger partial charge in [-0.3, -0.25) is 18.8 Å². The molecule has 0 spiro atoms. The molecule has 1 aromatic carbocycles. The molecule has 2 fully saturated rings. The average molecular weight is 342 g/mol. The van der Waals surface area contributed by atoms with Crippen LogP contribution in [0.5, 0.6) is 0 Å². The molecule has 0 aliphatic carbocycles. The Morgan fingerprint density at radius 1 is 1.16 bits per heavy atom. The lowest BCUT2D eigenvalue weighted by Gasteiger charge is -2.32. The van der Waals surface area contributed by atoms with Crippen LogP contribution in [0.15, 0.2) is 29.1 Å². The summed E-state index contributed by atoms with van der Waals surface area (Å²) in [6.45, 7) is 2.69. The monoisotopic (exact) mass is 342 g/mol. The van der Waals surface area contributed by atoms with E-state index >= 15 is 0 Å². The third kappa shape index (κ3) is 2.99. The van der Waals surface area contributed by atoms with Crippen LogP contribution in [0, 0.1) is 0 Å². The molecule has 1 N–H and O–H groups in total. The number of benzene rings is 1. The Kier molecular flexibility index (Phi) is 4.37. The number of rotatable bonds is 4. The number of aromatic nitrogens is 2. The van der Waals surface area contributed by atoms with Gasteiger partial charge in [0, 0.05) is 38.6 Å². The van der Waals surface area contributed by atoms with Crippen LogP contribution in [0.1, 0.15) is 32.1 Å². The molecular weight excluding hydrogens is 316 g/mol. The molecule has 2 atom stereocenters. The fourth-order valence-corrected chi connectivity index (χ4v) is 4.49. The molecule has 2 aromatic rings. The summed E-state index contributed by atoms with van der Waals surface area (Å²) in [5.74, 6) is 0.0530. The summed E-state index contributed by atoms with van der Waals surface area (Å²) in [7, 11) is 1.78. The molecule has 4 rings (SSSR count). The lowest BCUT2D eigenvalue weighted by atomic mass is 9.99. The number of nitrogens with one attached hydrogen (secondary N) is 1. The first-order chi connectivity index (χ1) is 12.1. The number of carbonyl (C=O) groups is 1. The number of carbonyl (C=O) groups excluding carboxylic acids is 1. The van der Waals surface area contributed by atoms with Crippen molar-refractivity contribution in [2.75, 3.05) is 13.1 Å². The SMILES string of the molecule is Cn1c(=O)n(CCC(=O)N[C@@H]2CCN3CCCC[C@H]23)c2ccccc21. The van der Waals surface area contributed by atoms with Crippen molar-refractivity contribution in [1.29, 1.82) is 0 Å². The summed E-state index contributed by atoms with van der Waals surface area (Å²) in [6.07, 6.45) is 5.12. The zero-order valence-electron chi connectivity index (χ0n) is 14.8. The van der Waals surface area contributed by atoms with Gasteiger partial charge in [0.05, 0.1) is 11.0 Å². The second kappa shape index (κ2) is 6.67. The number of para-hydroxylation sites is 2. The summed E-state index contributed by atoms with van der Waals surface area (Å²) in [5.41, 5.74) is 1.73. The smallest absolute Gasteiger partial charge is 0.328 e. The molecule has 2 aliphatic rings.